The third kappa shape index (κ3) is 3.73. The first kappa shape index (κ1) is 21.2. The first-order valence-electron chi connectivity index (χ1n) is 9.55. The number of carboxylic acid groups (broad SMARTS) is 1. The molecule has 0 aliphatic heterocycles. The van der Waals surface area contributed by atoms with Gasteiger partial charge in [-0.05, 0) is 48.6 Å². The van der Waals surface area contributed by atoms with Gasteiger partial charge in [0, 0.05) is 17.5 Å². The number of carbonyl (C=O) groups is 1. The van der Waals surface area contributed by atoms with Gasteiger partial charge >= 0.3 is 5.97 Å². The molecule has 11 heteroatoms. The van der Waals surface area contributed by atoms with Crippen LogP contribution < -0.4 is 15.0 Å². The molecular weight excluding hydrogens is 434 g/mol. The van der Waals surface area contributed by atoms with Crippen LogP contribution in [0.2, 0.25) is 0 Å². The van der Waals surface area contributed by atoms with Crippen molar-refractivity contribution in [2.45, 2.75) is 13.0 Å². The number of benzene rings is 2. The van der Waals surface area contributed by atoms with Crippen LogP contribution in [-0.4, -0.2) is 49.8 Å². The molecule has 0 saturated carbocycles. The average molecular weight is 453 g/mol. The number of carboxylic acids is 1. The number of hydrogen-bond acceptors (Lipinski definition) is 7. The second-order valence-corrected chi connectivity index (χ2v) is 7.21. The van der Waals surface area contributed by atoms with Crippen molar-refractivity contribution in [3.05, 3.63) is 69.1 Å². The quantitative estimate of drug-likeness (QED) is 0.409. The van der Waals surface area contributed by atoms with E-state index in [1.165, 1.54) is 31.0 Å². The highest BCUT2D eigenvalue weighted by Crippen LogP contribution is 2.32. The number of rotatable bonds is 7. The molecule has 0 unspecified atom stereocenters. The third-order valence-corrected chi connectivity index (χ3v) is 5.30. The topological polar surface area (TPSA) is 124 Å². The molecule has 0 bridgehead atoms. The van der Waals surface area contributed by atoms with E-state index in [-0.39, 0.29) is 17.7 Å². The summed E-state index contributed by atoms with van der Waals surface area (Å²) in [5, 5.41) is 21.4. The summed E-state index contributed by atoms with van der Waals surface area (Å²) in [6.07, 6.45) is 1.94. The van der Waals surface area contributed by atoms with Crippen molar-refractivity contribution < 1.29 is 19.4 Å². The zero-order chi connectivity index (χ0) is 22.8. The SMILES string of the molecule is COc1ccc2cnn(CCc3n[nH]c(=S)n3-c3ccc(C(=O)O)cc3)c(=O)c2c1OC. The van der Waals surface area contributed by atoms with Gasteiger partial charge in [-0.15, -0.1) is 0 Å². The van der Waals surface area contributed by atoms with Crippen LogP contribution in [0, 0.1) is 4.77 Å². The number of fused-ring (bicyclic) bond motifs is 1. The Bertz CT molecular complexity index is 1420. The van der Waals surface area contributed by atoms with Crippen LogP contribution >= 0.6 is 12.2 Å². The number of methoxy groups -OCH3 is 2. The van der Waals surface area contributed by atoms with E-state index >= 15 is 0 Å². The molecule has 2 heterocycles. The Morgan fingerprint density at radius 1 is 1.16 bits per heavy atom. The van der Waals surface area contributed by atoms with Crippen LogP contribution in [-0.2, 0) is 13.0 Å². The van der Waals surface area contributed by atoms with Crippen molar-refractivity contribution in [3.63, 3.8) is 0 Å². The van der Waals surface area contributed by atoms with E-state index < -0.39 is 5.97 Å². The Balaban J connectivity index is 1.68. The molecular formula is C21H19N5O5S. The van der Waals surface area contributed by atoms with Gasteiger partial charge in [-0.3, -0.25) is 14.5 Å². The van der Waals surface area contributed by atoms with Gasteiger partial charge in [0.2, 0.25) is 0 Å². The van der Waals surface area contributed by atoms with Crippen molar-refractivity contribution in [1.29, 1.82) is 0 Å². The van der Waals surface area contributed by atoms with E-state index in [9.17, 15) is 9.59 Å². The lowest BCUT2D eigenvalue weighted by molar-refractivity contribution is 0.0697. The molecule has 32 heavy (non-hydrogen) atoms. The van der Waals surface area contributed by atoms with Gasteiger partial charge in [-0.2, -0.15) is 10.2 Å². The van der Waals surface area contributed by atoms with Gasteiger partial charge in [0.25, 0.3) is 5.56 Å². The smallest absolute Gasteiger partial charge is 0.335 e. The maximum Gasteiger partial charge on any atom is 0.335 e. The van der Waals surface area contributed by atoms with Gasteiger partial charge in [-0.25, -0.2) is 9.48 Å². The number of ether oxygens (including phenoxy) is 2. The number of aromatic nitrogens is 5. The Kier molecular flexibility index (Phi) is 5.73. The molecule has 0 saturated heterocycles. The molecule has 0 spiro atoms. The molecule has 0 aliphatic rings. The van der Waals surface area contributed by atoms with Crippen molar-refractivity contribution >= 4 is 29.0 Å². The van der Waals surface area contributed by atoms with E-state index in [2.05, 4.69) is 15.3 Å². The van der Waals surface area contributed by atoms with E-state index in [4.69, 9.17) is 26.8 Å². The zero-order valence-electron chi connectivity index (χ0n) is 17.2. The standard InChI is InChI=1S/C21H19N5O5S/c1-30-15-8-5-13-11-22-25(19(27)17(13)18(15)31-2)10-9-16-23-24-21(32)26(16)14-6-3-12(4-7-14)20(28)29/h3-8,11H,9-10H2,1-2H3,(H,24,32)(H,28,29). The van der Waals surface area contributed by atoms with Crippen LogP contribution in [0.4, 0.5) is 0 Å². The van der Waals surface area contributed by atoms with Crippen molar-refractivity contribution in [1.82, 2.24) is 24.5 Å². The van der Waals surface area contributed by atoms with Crippen LogP contribution in [0.15, 0.2) is 47.4 Å². The highest BCUT2D eigenvalue weighted by molar-refractivity contribution is 7.71. The first-order valence-corrected chi connectivity index (χ1v) is 9.96. The first-order chi connectivity index (χ1) is 15.4. The van der Waals surface area contributed by atoms with Crippen LogP contribution in [0.5, 0.6) is 11.5 Å². The van der Waals surface area contributed by atoms with Crippen molar-refractivity contribution in [3.8, 4) is 17.2 Å². The molecule has 164 valence electrons. The molecule has 0 radical (unpaired) electrons. The lowest BCUT2D eigenvalue weighted by atomic mass is 10.1. The summed E-state index contributed by atoms with van der Waals surface area (Å²) < 4.78 is 14.1. The molecule has 0 fully saturated rings. The molecule has 0 aliphatic carbocycles. The zero-order valence-corrected chi connectivity index (χ0v) is 18.0. The number of aromatic amines is 1. The average Bonchev–Trinajstić information content (AvgIpc) is 3.18. The summed E-state index contributed by atoms with van der Waals surface area (Å²) in [6, 6.07) is 9.75. The van der Waals surface area contributed by atoms with Gasteiger partial charge in [0.15, 0.2) is 16.3 Å². The van der Waals surface area contributed by atoms with Crippen molar-refractivity contribution in [2.24, 2.45) is 0 Å². The Labute approximate surface area is 186 Å². The van der Waals surface area contributed by atoms with E-state index in [0.29, 0.717) is 45.0 Å². The molecule has 2 aromatic carbocycles. The van der Waals surface area contributed by atoms with Gasteiger partial charge < -0.3 is 14.6 Å². The molecule has 0 atom stereocenters. The van der Waals surface area contributed by atoms with E-state index in [1.807, 2.05) is 0 Å². The summed E-state index contributed by atoms with van der Waals surface area (Å²) in [5.74, 6) is 0.374. The lowest BCUT2D eigenvalue weighted by Gasteiger charge is -2.12. The number of nitrogens with one attached hydrogen (secondary N) is 1. The number of aromatic carboxylic acids is 1. The number of nitrogens with zero attached hydrogens (tertiary/aromatic N) is 4. The summed E-state index contributed by atoms with van der Waals surface area (Å²) in [6.45, 7) is 0.238. The normalized spacial score (nSPS) is 10.9. The van der Waals surface area contributed by atoms with Gasteiger partial charge in [0.05, 0.1) is 37.9 Å². The third-order valence-electron chi connectivity index (χ3n) is 5.02. The fraction of sp³-hybridized carbons (Fsp3) is 0.190. The molecule has 4 aromatic rings. The van der Waals surface area contributed by atoms with Crippen LogP contribution in [0.3, 0.4) is 0 Å². The minimum atomic E-state index is -1.01. The van der Waals surface area contributed by atoms with Crippen LogP contribution in [0.25, 0.3) is 16.5 Å². The highest BCUT2D eigenvalue weighted by atomic mass is 32.1. The number of aryl methyl sites for hydroxylation is 2. The Morgan fingerprint density at radius 3 is 2.56 bits per heavy atom. The maximum atomic E-state index is 13.1. The fourth-order valence-electron chi connectivity index (χ4n) is 3.47. The monoisotopic (exact) mass is 453 g/mol. The molecule has 0 amide bonds. The van der Waals surface area contributed by atoms with Crippen LogP contribution in [0.1, 0.15) is 16.2 Å². The van der Waals surface area contributed by atoms with E-state index in [1.54, 1.807) is 35.0 Å². The summed E-state index contributed by atoms with van der Waals surface area (Å²) in [7, 11) is 2.99. The molecule has 4 rings (SSSR count). The fourth-order valence-corrected chi connectivity index (χ4v) is 3.72. The predicted molar refractivity (Wildman–Crippen MR) is 119 cm³/mol. The Morgan fingerprint density at radius 2 is 1.91 bits per heavy atom. The van der Waals surface area contributed by atoms with Crippen molar-refractivity contribution in [2.75, 3.05) is 14.2 Å². The largest absolute Gasteiger partial charge is 0.493 e. The highest BCUT2D eigenvalue weighted by Gasteiger charge is 2.16. The predicted octanol–water partition coefficient (Wildman–Crippen LogP) is 2.60. The second-order valence-electron chi connectivity index (χ2n) is 6.82. The minimum absolute atomic E-state index is 0.168. The lowest BCUT2D eigenvalue weighted by Crippen LogP contribution is -2.24. The minimum Gasteiger partial charge on any atom is -0.493 e. The number of H-pyrrole nitrogens is 1. The molecule has 10 nitrogen and oxygen atoms in total. The Hall–Kier alpha value is -3.99. The van der Waals surface area contributed by atoms with Gasteiger partial charge in [0.1, 0.15) is 5.82 Å². The van der Waals surface area contributed by atoms with E-state index in [0.717, 1.165) is 0 Å². The maximum absolute atomic E-state index is 13.1. The summed E-state index contributed by atoms with van der Waals surface area (Å²) in [5.41, 5.74) is 0.514. The summed E-state index contributed by atoms with van der Waals surface area (Å²) >= 11 is 5.33. The second kappa shape index (κ2) is 8.63. The molecule has 2 N–H and O–H groups in total. The number of hydrogen-bond donors (Lipinski definition) is 2. The van der Waals surface area contributed by atoms with Gasteiger partial charge in [-0.1, -0.05) is 0 Å². The molecule has 2 aromatic heterocycles. The summed E-state index contributed by atoms with van der Waals surface area (Å²) in [4.78, 5) is 24.2.